The van der Waals surface area contributed by atoms with Crippen LogP contribution < -0.4 is 14.5 Å². The molecule has 8 heteroatoms. The number of amides is 1. The van der Waals surface area contributed by atoms with Crippen molar-refractivity contribution in [2.24, 2.45) is 0 Å². The third-order valence-corrected chi connectivity index (χ3v) is 8.34. The molecule has 7 nitrogen and oxygen atoms in total. The molecule has 3 aromatic carbocycles. The fourth-order valence-electron chi connectivity index (χ4n) is 4.83. The number of hydrazine groups is 1. The van der Waals surface area contributed by atoms with E-state index < -0.39 is 15.9 Å². The SMILES string of the molecule is COc1ccc(S(=O)(=O)N2CC(C(=O)NN3CCCCC3)c3ccccc32)c2ccccc12. The van der Waals surface area contributed by atoms with Crippen LogP contribution in [-0.2, 0) is 14.8 Å². The van der Waals surface area contributed by atoms with E-state index in [-0.39, 0.29) is 17.3 Å². The number of methoxy groups -OCH3 is 1. The molecule has 2 aliphatic rings. The van der Waals surface area contributed by atoms with E-state index >= 15 is 0 Å². The molecule has 0 radical (unpaired) electrons. The number of benzene rings is 3. The van der Waals surface area contributed by atoms with E-state index in [4.69, 9.17) is 4.74 Å². The summed E-state index contributed by atoms with van der Waals surface area (Å²) in [6.07, 6.45) is 3.26. The van der Waals surface area contributed by atoms with Gasteiger partial charge in [0.1, 0.15) is 5.75 Å². The van der Waals surface area contributed by atoms with Crippen molar-refractivity contribution in [1.29, 1.82) is 0 Å². The number of anilines is 1. The summed E-state index contributed by atoms with van der Waals surface area (Å²) in [4.78, 5) is 13.4. The number of rotatable bonds is 5. The number of fused-ring (bicyclic) bond motifs is 2. The number of para-hydroxylation sites is 1. The number of ether oxygens (including phenoxy) is 1. The summed E-state index contributed by atoms with van der Waals surface area (Å²) in [6.45, 7) is 1.71. The second-order valence-corrected chi connectivity index (χ2v) is 10.3. The van der Waals surface area contributed by atoms with Crippen LogP contribution in [0.2, 0.25) is 0 Å². The minimum absolute atomic E-state index is 0.0711. The molecule has 1 fully saturated rings. The summed E-state index contributed by atoms with van der Waals surface area (Å²) < 4.78 is 34.6. The number of nitrogens with zero attached hydrogens (tertiary/aromatic N) is 2. The predicted molar refractivity (Wildman–Crippen MR) is 128 cm³/mol. The van der Waals surface area contributed by atoms with Gasteiger partial charge in [0.25, 0.3) is 10.0 Å². The Morgan fingerprint density at radius 2 is 1.64 bits per heavy atom. The molecule has 5 rings (SSSR count). The number of sulfonamides is 1. The molecule has 0 aromatic heterocycles. The zero-order valence-corrected chi connectivity index (χ0v) is 19.3. The van der Waals surface area contributed by atoms with Crippen LogP contribution in [0.1, 0.15) is 30.7 Å². The van der Waals surface area contributed by atoms with Crippen LogP contribution in [0.15, 0.2) is 65.6 Å². The van der Waals surface area contributed by atoms with Crippen molar-refractivity contribution >= 4 is 32.4 Å². The highest BCUT2D eigenvalue weighted by atomic mass is 32.2. The molecule has 0 saturated carbocycles. The summed E-state index contributed by atoms with van der Waals surface area (Å²) in [5, 5.41) is 3.27. The van der Waals surface area contributed by atoms with Gasteiger partial charge in [-0.15, -0.1) is 0 Å². The quantitative estimate of drug-likeness (QED) is 0.622. The first kappa shape index (κ1) is 21.7. The molecule has 1 saturated heterocycles. The third-order valence-electron chi connectivity index (χ3n) is 6.50. The highest BCUT2D eigenvalue weighted by Crippen LogP contribution is 2.41. The average Bonchev–Trinajstić information content (AvgIpc) is 3.25. The van der Waals surface area contributed by atoms with Crippen molar-refractivity contribution in [2.75, 3.05) is 31.0 Å². The first-order valence-electron chi connectivity index (χ1n) is 11.2. The number of piperidine rings is 1. The first-order valence-corrected chi connectivity index (χ1v) is 12.7. The molecule has 1 atom stereocenters. The van der Waals surface area contributed by atoms with Gasteiger partial charge in [0.05, 0.1) is 30.2 Å². The van der Waals surface area contributed by atoms with Crippen molar-refractivity contribution in [1.82, 2.24) is 10.4 Å². The fraction of sp³-hybridized carbons (Fsp3) is 0.320. The summed E-state index contributed by atoms with van der Waals surface area (Å²) in [5.74, 6) is -0.116. The largest absolute Gasteiger partial charge is 0.496 e. The molecule has 2 aliphatic heterocycles. The molecule has 1 unspecified atom stereocenters. The number of hydrogen-bond donors (Lipinski definition) is 1. The van der Waals surface area contributed by atoms with Gasteiger partial charge in [-0.05, 0) is 36.6 Å². The topological polar surface area (TPSA) is 79.0 Å². The van der Waals surface area contributed by atoms with Crippen LogP contribution in [-0.4, -0.2) is 46.1 Å². The van der Waals surface area contributed by atoms with Gasteiger partial charge in [-0.1, -0.05) is 48.9 Å². The minimum atomic E-state index is -3.92. The van der Waals surface area contributed by atoms with Gasteiger partial charge in [0, 0.05) is 23.9 Å². The maximum absolute atomic E-state index is 13.9. The number of nitrogens with one attached hydrogen (secondary N) is 1. The van der Waals surface area contributed by atoms with E-state index in [1.165, 1.54) is 10.7 Å². The molecule has 0 aliphatic carbocycles. The summed E-state index contributed by atoms with van der Waals surface area (Å²) >= 11 is 0. The second kappa shape index (κ2) is 8.68. The lowest BCUT2D eigenvalue weighted by Gasteiger charge is -2.28. The number of carbonyl (C=O) groups is 1. The van der Waals surface area contributed by atoms with Crippen LogP contribution in [0.4, 0.5) is 5.69 Å². The molecule has 2 heterocycles. The highest BCUT2D eigenvalue weighted by molar-refractivity contribution is 7.93. The van der Waals surface area contributed by atoms with Crippen molar-refractivity contribution in [3.8, 4) is 5.75 Å². The van der Waals surface area contributed by atoms with Gasteiger partial charge in [0.2, 0.25) is 5.91 Å². The molecular weight excluding hydrogens is 438 g/mol. The Morgan fingerprint density at radius 1 is 0.939 bits per heavy atom. The molecule has 172 valence electrons. The summed E-state index contributed by atoms with van der Waals surface area (Å²) in [5.41, 5.74) is 4.30. The zero-order valence-electron chi connectivity index (χ0n) is 18.5. The second-order valence-electron chi connectivity index (χ2n) is 8.48. The first-order chi connectivity index (χ1) is 16.0. The van der Waals surface area contributed by atoms with E-state index in [0.717, 1.165) is 36.9 Å². The van der Waals surface area contributed by atoms with Crippen molar-refractivity contribution < 1.29 is 17.9 Å². The van der Waals surface area contributed by atoms with Crippen LogP contribution in [0.25, 0.3) is 10.8 Å². The maximum atomic E-state index is 13.9. The molecular formula is C25H27N3O4S. The number of hydrogen-bond acceptors (Lipinski definition) is 5. The summed E-state index contributed by atoms with van der Waals surface area (Å²) in [7, 11) is -2.35. The van der Waals surface area contributed by atoms with Gasteiger partial charge in [-0.2, -0.15) is 0 Å². The van der Waals surface area contributed by atoms with Crippen LogP contribution in [0.5, 0.6) is 5.75 Å². The van der Waals surface area contributed by atoms with Gasteiger partial charge in [0.15, 0.2) is 0 Å². The number of carbonyl (C=O) groups excluding carboxylic acids is 1. The van der Waals surface area contributed by atoms with Crippen LogP contribution in [0.3, 0.4) is 0 Å². The molecule has 1 N–H and O–H groups in total. The lowest BCUT2D eigenvalue weighted by molar-refractivity contribution is -0.127. The van der Waals surface area contributed by atoms with Crippen LogP contribution >= 0.6 is 0 Å². The van der Waals surface area contributed by atoms with Gasteiger partial charge >= 0.3 is 0 Å². The van der Waals surface area contributed by atoms with Crippen LogP contribution in [0, 0.1) is 0 Å². The smallest absolute Gasteiger partial charge is 0.264 e. The summed E-state index contributed by atoms with van der Waals surface area (Å²) in [6, 6.07) is 17.8. The molecule has 33 heavy (non-hydrogen) atoms. The van der Waals surface area contributed by atoms with Gasteiger partial charge in [-0.3, -0.25) is 14.5 Å². The van der Waals surface area contributed by atoms with E-state index in [9.17, 15) is 13.2 Å². The van der Waals surface area contributed by atoms with E-state index in [1.54, 1.807) is 37.4 Å². The molecule has 1 amide bonds. The Labute approximate surface area is 194 Å². The third kappa shape index (κ3) is 3.83. The Kier molecular flexibility index (Phi) is 5.72. The normalized spacial score (nSPS) is 18.8. The van der Waals surface area contributed by atoms with Crippen molar-refractivity contribution in [2.45, 2.75) is 30.1 Å². The Morgan fingerprint density at radius 3 is 2.39 bits per heavy atom. The maximum Gasteiger partial charge on any atom is 0.264 e. The Balaban J connectivity index is 1.52. The predicted octanol–water partition coefficient (Wildman–Crippen LogP) is 3.66. The Bertz CT molecular complexity index is 1300. The highest BCUT2D eigenvalue weighted by Gasteiger charge is 2.40. The van der Waals surface area contributed by atoms with Crippen molar-refractivity contribution in [3.05, 3.63) is 66.2 Å². The van der Waals surface area contributed by atoms with Gasteiger partial charge in [-0.25, -0.2) is 13.4 Å². The fourth-order valence-corrected chi connectivity index (χ4v) is 6.53. The van der Waals surface area contributed by atoms with Gasteiger partial charge < -0.3 is 4.74 Å². The lowest BCUT2D eigenvalue weighted by atomic mass is 10.0. The molecule has 3 aromatic rings. The van der Waals surface area contributed by atoms with E-state index in [0.29, 0.717) is 16.8 Å². The van der Waals surface area contributed by atoms with Crippen molar-refractivity contribution in [3.63, 3.8) is 0 Å². The molecule has 0 bridgehead atoms. The minimum Gasteiger partial charge on any atom is -0.496 e. The zero-order chi connectivity index (χ0) is 23.0. The lowest BCUT2D eigenvalue weighted by Crippen LogP contribution is -2.47. The molecule has 0 spiro atoms. The standard InChI is InChI=1S/C25H27N3O4S/c1-32-23-13-14-24(20-11-4-3-10-19(20)23)33(30,31)28-17-21(18-9-5-6-12-22(18)28)25(29)26-27-15-7-2-8-16-27/h3-6,9-14,21H,2,7-8,15-17H2,1H3,(H,26,29). The monoisotopic (exact) mass is 465 g/mol. The van der Waals surface area contributed by atoms with E-state index in [2.05, 4.69) is 5.43 Å². The average molecular weight is 466 g/mol. The Hall–Kier alpha value is -3.10. The van der Waals surface area contributed by atoms with E-state index in [1.807, 2.05) is 35.3 Å².